The van der Waals surface area contributed by atoms with E-state index in [-0.39, 0.29) is 4.90 Å². The fourth-order valence-electron chi connectivity index (χ4n) is 2.31. The summed E-state index contributed by atoms with van der Waals surface area (Å²) in [6.45, 7) is 3.25. The molecule has 1 aliphatic rings. The molecular formula is C13H19ClN2O2S. The molecule has 1 aromatic carbocycles. The number of benzene rings is 1. The van der Waals surface area contributed by atoms with E-state index in [2.05, 4.69) is 10.0 Å². The first kappa shape index (κ1) is 14.8. The quantitative estimate of drug-likeness (QED) is 0.875. The third-order valence-corrected chi connectivity index (χ3v) is 5.23. The second-order valence-corrected chi connectivity index (χ2v) is 7.06. The Hall–Kier alpha value is -0.620. The Kier molecular flexibility index (Phi) is 4.84. The molecule has 2 rings (SSSR count). The number of hydrogen-bond donors (Lipinski definition) is 2. The zero-order valence-electron chi connectivity index (χ0n) is 10.9. The fourth-order valence-corrected chi connectivity index (χ4v) is 3.86. The largest absolute Gasteiger partial charge is 0.314 e. The summed E-state index contributed by atoms with van der Waals surface area (Å²) in [6.07, 6.45) is 3.11. The van der Waals surface area contributed by atoms with Crippen LogP contribution in [-0.2, 0) is 10.0 Å². The number of halogens is 1. The van der Waals surface area contributed by atoms with Gasteiger partial charge in [0.2, 0.25) is 10.0 Å². The molecule has 1 aliphatic heterocycles. The second kappa shape index (κ2) is 6.22. The molecule has 2 N–H and O–H groups in total. The van der Waals surface area contributed by atoms with E-state index in [1.807, 2.05) is 0 Å². The molecule has 0 unspecified atom stereocenters. The van der Waals surface area contributed by atoms with Crippen molar-refractivity contribution in [2.45, 2.75) is 37.1 Å². The van der Waals surface area contributed by atoms with E-state index >= 15 is 0 Å². The van der Waals surface area contributed by atoms with Gasteiger partial charge in [-0.1, -0.05) is 17.7 Å². The minimum Gasteiger partial charge on any atom is -0.314 e. The Morgan fingerprint density at radius 1 is 1.47 bits per heavy atom. The minimum atomic E-state index is -3.47. The molecule has 1 saturated heterocycles. The smallest absolute Gasteiger partial charge is 0.240 e. The molecule has 0 amide bonds. The van der Waals surface area contributed by atoms with Crippen LogP contribution in [0.4, 0.5) is 0 Å². The Labute approximate surface area is 119 Å². The van der Waals surface area contributed by atoms with E-state index < -0.39 is 10.0 Å². The average Bonchev–Trinajstić information content (AvgIpc) is 2.85. The third-order valence-electron chi connectivity index (χ3n) is 3.39. The monoisotopic (exact) mass is 302 g/mol. The van der Waals surface area contributed by atoms with Crippen molar-refractivity contribution in [3.8, 4) is 0 Å². The Morgan fingerprint density at radius 2 is 2.26 bits per heavy atom. The van der Waals surface area contributed by atoms with Crippen LogP contribution in [0.2, 0.25) is 5.02 Å². The molecule has 4 nitrogen and oxygen atoms in total. The molecule has 0 radical (unpaired) electrons. The van der Waals surface area contributed by atoms with Crippen molar-refractivity contribution in [3.05, 3.63) is 28.8 Å². The van der Waals surface area contributed by atoms with Crippen LogP contribution in [0.1, 0.15) is 24.8 Å². The van der Waals surface area contributed by atoms with Crippen molar-refractivity contribution >= 4 is 21.6 Å². The number of rotatable bonds is 5. The van der Waals surface area contributed by atoms with Crippen molar-refractivity contribution in [3.63, 3.8) is 0 Å². The molecule has 1 fully saturated rings. The van der Waals surface area contributed by atoms with Crippen LogP contribution in [0.3, 0.4) is 0 Å². The van der Waals surface area contributed by atoms with Crippen molar-refractivity contribution in [1.29, 1.82) is 0 Å². The lowest BCUT2D eigenvalue weighted by Crippen LogP contribution is -2.31. The molecular weight excluding hydrogens is 284 g/mol. The Bertz CT molecular complexity index is 540. The van der Waals surface area contributed by atoms with Crippen molar-refractivity contribution in [2.75, 3.05) is 13.1 Å². The van der Waals surface area contributed by atoms with Crippen LogP contribution in [0.5, 0.6) is 0 Å². The normalized spacial score (nSPS) is 19.8. The first-order valence-electron chi connectivity index (χ1n) is 6.48. The average molecular weight is 303 g/mol. The summed E-state index contributed by atoms with van der Waals surface area (Å²) >= 11 is 5.86. The number of sulfonamides is 1. The van der Waals surface area contributed by atoms with E-state index in [4.69, 9.17) is 11.6 Å². The highest BCUT2D eigenvalue weighted by Crippen LogP contribution is 2.20. The van der Waals surface area contributed by atoms with Crippen LogP contribution in [-0.4, -0.2) is 27.5 Å². The predicted molar refractivity (Wildman–Crippen MR) is 77.0 cm³/mol. The molecule has 6 heteroatoms. The van der Waals surface area contributed by atoms with Crippen LogP contribution in [0, 0.1) is 6.92 Å². The molecule has 0 aliphatic carbocycles. The maximum atomic E-state index is 12.2. The highest BCUT2D eigenvalue weighted by atomic mass is 35.5. The van der Waals surface area contributed by atoms with E-state index in [0.29, 0.717) is 23.2 Å². The van der Waals surface area contributed by atoms with Gasteiger partial charge in [-0.25, -0.2) is 13.1 Å². The lowest BCUT2D eigenvalue weighted by atomic mass is 10.2. The number of aryl methyl sites for hydroxylation is 1. The first-order valence-corrected chi connectivity index (χ1v) is 8.34. The summed E-state index contributed by atoms with van der Waals surface area (Å²) in [5.74, 6) is 0. The summed E-state index contributed by atoms with van der Waals surface area (Å²) in [7, 11) is -3.47. The molecule has 0 spiro atoms. The van der Waals surface area contributed by atoms with Gasteiger partial charge >= 0.3 is 0 Å². The Morgan fingerprint density at radius 3 is 2.95 bits per heavy atom. The topological polar surface area (TPSA) is 58.2 Å². The van der Waals surface area contributed by atoms with Crippen LogP contribution in [0.15, 0.2) is 23.1 Å². The number of hydrogen-bond acceptors (Lipinski definition) is 3. The van der Waals surface area contributed by atoms with Gasteiger partial charge in [0.05, 0.1) is 4.90 Å². The van der Waals surface area contributed by atoms with Crippen LogP contribution < -0.4 is 10.0 Å². The molecule has 0 aromatic heterocycles. The van der Waals surface area contributed by atoms with E-state index in [0.717, 1.165) is 19.4 Å². The zero-order valence-corrected chi connectivity index (χ0v) is 12.5. The van der Waals surface area contributed by atoms with Crippen LogP contribution >= 0.6 is 11.6 Å². The highest BCUT2D eigenvalue weighted by Gasteiger charge is 2.19. The zero-order chi connectivity index (χ0) is 13.9. The summed E-state index contributed by atoms with van der Waals surface area (Å²) < 4.78 is 27.0. The highest BCUT2D eigenvalue weighted by molar-refractivity contribution is 7.89. The maximum absolute atomic E-state index is 12.2. The lowest BCUT2D eigenvalue weighted by Gasteiger charge is -2.12. The van der Waals surface area contributed by atoms with Gasteiger partial charge in [0.25, 0.3) is 0 Å². The lowest BCUT2D eigenvalue weighted by molar-refractivity contribution is 0.539. The predicted octanol–water partition coefficient (Wildman–Crippen LogP) is 2.07. The van der Waals surface area contributed by atoms with Gasteiger partial charge in [-0.2, -0.15) is 0 Å². The van der Waals surface area contributed by atoms with Gasteiger partial charge in [0, 0.05) is 17.6 Å². The van der Waals surface area contributed by atoms with Gasteiger partial charge in [-0.05, 0) is 50.4 Å². The van der Waals surface area contributed by atoms with E-state index in [1.165, 1.54) is 12.5 Å². The molecule has 106 valence electrons. The molecule has 0 bridgehead atoms. The SMILES string of the molecule is Cc1ccc(Cl)cc1S(=O)(=O)NCC[C@@H]1CCCN1. The van der Waals surface area contributed by atoms with Crippen LogP contribution in [0.25, 0.3) is 0 Å². The molecule has 19 heavy (non-hydrogen) atoms. The minimum absolute atomic E-state index is 0.263. The van der Waals surface area contributed by atoms with Gasteiger partial charge in [0.15, 0.2) is 0 Å². The summed E-state index contributed by atoms with van der Waals surface area (Å²) in [4.78, 5) is 0.263. The van der Waals surface area contributed by atoms with Gasteiger partial charge in [0.1, 0.15) is 0 Å². The molecule has 1 heterocycles. The standard InChI is InChI=1S/C13H19ClN2O2S/c1-10-4-5-11(14)9-13(10)19(17,18)16-8-6-12-3-2-7-15-12/h4-5,9,12,15-16H,2-3,6-8H2,1H3/t12-/m0/s1. The summed E-state index contributed by atoms with van der Waals surface area (Å²) in [5, 5.41) is 3.78. The summed E-state index contributed by atoms with van der Waals surface area (Å²) in [6, 6.07) is 5.34. The molecule has 0 saturated carbocycles. The van der Waals surface area contributed by atoms with Gasteiger partial charge < -0.3 is 5.32 Å². The van der Waals surface area contributed by atoms with E-state index in [9.17, 15) is 8.42 Å². The fraction of sp³-hybridized carbons (Fsp3) is 0.538. The third kappa shape index (κ3) is 3.92. The molecule has 1 aromatic rings. The van der Waals surface area contributed by atoms with E-state index in [1.54, 1.807) is 19.1 Å². The second-order valence-electron chi connectivity index (χ2n) is 4.89. The van der Waals surface area contributed by atoms with Crippen molar-refractivity contribution in [1.82, 2.24) is 10.0 Å². The van der Waals surface area contributed by atoms with Crippen molar-refractivity contribution in [2.24, 2.45) is 0 Å². The van der Waals surface area contributed by atoms with Gasteiger partial charge in [-0.15, -0.1) is 0 Å². The first-order chi connectivity index (χ1) is 8.99. The maximum Gasteiger partial charge on any atom is 0.240 e. The molecule has 1 atom stereocenters. The Balaban J connectivity index is 1.99. The van der Waals surface area contributed by atoms with Gasteiger partial charge in [-0.3, -0.25) is 0 Å². The summed E-state index contributed by atoms with van der Waals surface area (Å²) in [5.41, 5.74) is 0.705. The van der Waals surface area contributed by atoms with Crippen molar-refractivity contribution < 1.29 is 8.42 Å². The number of nitrogens with one attached hydrogen (secondary N) is 2.